The Balaban J connectivity index is 2.04. The summed E-state index contributed by atoms with van der Waals surface area (Å²) in [4.78, 5) is 0.816. The number of hydrogen-bond donors (Lipinski definition) is 2. The predicted molar refractivity (Wildman–Crippen MR) is 97.4 cm³/mol. The highest BCUT2D eigenvalue weighted by Crippen LogP contribution is 2.45. The van der Waals surface area contributed by atoms with Gasteiger partial charge in [-0.3, -0.25) is 0 Å². The summed E-state index contributed by atoms with van der Waals surface area (Å²) in [7, 11) is 0. The molecule has 0 bridgehead atoms. The van der Waals surface area contributed by atoms with Crippen LogP contribution in [0.2, 0.25) is 0 Å². The van der Waals surface area contributed by atoms with E-state index in [-0.39, 0.29) is 16.9 Å². The fourth-order valence-corrected chi connectivity index (χ4v) is 4.47. The number of hydrogen-bond acceptors (Lipinski definition) is 2. The number of benzene rings is 1. The maximum Gasteiger partial charge on any atom is 0.106 e. The van der Waals surface area contributed by atoms with Gasteiger partial charge in [0.05, 0.1) is 6.10 Å². The maximum atomic E-state index is 10.2. The molecule has 0 spiro atoms. The van der Waals surface area contributed by atoms with Crippen molar-refractivity contribution in [2.45, 2.75) is 60.0 Å². The minimum absolute atomic E-state index is 0.0871. The Morgan fingerprint density at radius 1 is 1.27 bits per heavy atom. The number of nitrogens with one attached hydrogen (secondary N) is 1. The first kappa shape index (κ1) is 17.4. The van der Waals surface area contributed by atoms with Gasteiger partial charge in [-0.1, -0.05) is 56.8 Å². The molecule has 0 aromatic heterocycles. The number of aliphatic hydroxyl groups excluding tert-OH is 1. The van der Waals surface area contributed by atoms with Crippen LogP contribution in [0.15, 0.2) is 18.2 Å². The highest BCUT2D eigenvalue weighted by molar-refractivity contribution is 7.80. The lowest BCUT2D eigenvalue weighted by atomic mass is 9.63. The molecule has 1 aromatic carbocycles. The third-order valence-electron chi connectivity index (χ3n) is 4.72. The number of aryl methyl sites for hydroxylation is 2. The molecule has 1 aromatic rings. The van der Waals surface area contributed by atoms with Gasteiger partial charge in [0.15, 0.2) is 0 Å². The van der Waals surface area contributed by atoms with E-state index >= 15 is 0 Å². The molecular formula is C19H29NOS. The Hall–Kier alpha value is -0.930. The van der Waals surface area contributed by atoms with E-state index in [1.807, 2.05) is 0 Å². The van der Waals surface area contributed by atoms with E-state index in [0.717, 1.165) is 36.4 Å². The summed E-state index contributed by atoms with van der Waals surface area (Å²) in [5.74, 6) is 0. The van der Waals surface area contributed by atoms with Gasteiger partial charge >= 0.3 is 0 Å². The summed E-state index contributed by atoms with van der Waals surface area (Å²) in [6.45, 7) is 11.8. The van der Waals surface area contributed by atoms with Crippen molar-refractivity contribution in [1.82, 2.24) is 5.32 Å². The second-order valence-corrected chi connectivity index (χ2v) is 8.62. The lowest BCUT2D eigenvalue weighted by molar-refractivity contribution is -0.00679. The van der Waals surface area contributed by atoms with Crippen molar-refractivity contribution >= 4 is 17.2 Å². The van der Waals surface area contributed by atoms with Crippen molar-refractivity contribution in [3.05, 3.63) is 34.9 Å². The molecule has 0 unspecified atom stereocenters. The van der Waals surface area contributed by atoms with E-state index < -0.39 is 0 Å². The molecule has 1 saturated carbocycles. The van der Waals surface area contributed by atoms with Crippen LogP contribution in [0.3, 0.4) is 0 Å². The number of thiocarbonyl (C=S) groups is 1. The van der Waals surface area contributed by atoms with Crippen LogP contribution >= 0.6 is 12.2 Å². The molecule has 2 rings (SSSR count). The number of aliphatic hydroxyl groups is 1. The SMILES string of the molecule is Cc1ccc(C(=S)NC[C@@]2(C)C[C@H](O)CC(C)(C)C2)c(C)c1. The van der Waals surface area contributed by atoms with Crippen LogP contribution in [0.25, 0.3) is 0 Å². The summed E-state index contributed by atoms with van der Waals surface area (Å²) in [6, 6.07) is 6.37. The molecule has 1 aliphatic rings. The smallest absolute Gasteiger partial charge is 0.106 e. The Morgan fingerprint density at radius 3 is 2.55 bits per heavy atom. The standard InChI is InChI=1S/C19H29NOS/c1-13-6-7-16(14(2)8-13)17(22)20-12-19(5)10-15(21)9-18(3,4)11-19/h6-8,15,21H,9-12H2,1-5H3,(H,20,22)/t15-,19+/m1/s1. The normalized spacial score (nSPS) is 27.5. The molecule has 0 saturated heterocycles. The zero-order chi connectivity index (χ0) is 16.5. The van der Waals surface area contributed by atoms with E-state index in [1.54, 1.807) is 0 Å². The van der Waals surface area contributed by atoms with E-state index in [1.165, 1.54) is 11.1 Å². The highest BCUT2D eigenvalue weighted by atomic mass is 32.1. The van der Waals surface area contributed by atoms with Gasteiger partial charge in [0, 0.05) is 12.1 Å². The summed E-state index contributed by atoms with van der Waals surface area (Å²) < 4.78 is 0. The first-order chi connectivity index (χ1) is 10.1. The monoisotopic (exact) mass is 319 g/mol. The Bertz CT molecular complexity index is 567. The summed E-state index contributed by atoms with van der Waals surface area (Å²) >= 11 is 5.58. The van der Waals surface area contributed by atoms with Gasteiger partial charge in [0.1, 0.15) is 4.99 Å². The van der Waals surface area contributed by atoms with Crippen LogP contribution in [0.4, 0.5) is 0 Å². The fourth-order valence-electron chi connectivity index (χ4n) is 4.17. The average molecular weight is 320 g/mol. The number of rotatable bonds is 3. The average Bonchev–Trinajstić information content (AvgIpc) is 2.33. The molecule has 3 heteroatoms. The second-order valence-electron chi connectivity index (χ2n) is 8.21. The van der Waals surface area contributed by atoms with E-state index in [4.69, 9.17) is 12.2 Å². The molecule has 0 amide bonds. The van der Waals surface area contributed by atoms with E-state index in [2.05, 4.69) is 58.1 Å². The molecule has 2 nitrogen and oxygen atoms in total. The molecular weight excluding hydrogens is 290 g/mol. The fraction of sp³-hybridized carbons (Fsp3) is 0.632. The first-order valence-electron chi connectivity index (χ1n) is 8.14. The van der Waals surface area contributed by atoms with Gasteiger partial charge in [-0.25, -0.2) is 0 Å². The zero-order valence-corrected chi connectivity index (χ0v) is 15.3. The Morgan fingerprint density at radius 2 is 1.95 bits per heavy atom. The van der Waals surface area contributed by atoms with E-state index in [0.29, 0.717) is 0 Å². The second kappa shape index (κ2) is 6.29. The molecule has 22 heavy (non-hydrogen) atoms. The predicted octanol–water partition coefficient (Wildman–Crippen LogP) is 4.15. The minimum atomic E-state index is -0.203. The zero-order valence-electron chi connectivity index (χ0n) is 14.5. The van der Waals surface area contributed by atoms with Gasteiger partial charge in [-0.05, 0) is 49.5 Å². The van der Waals surface area contributed by atoms with Gasteiger partial charge in [0.25, 0.3) is 0 Å². The summed E-state index contributed by atoms with van der Waals surface area (Å²) in [6.07, 6.45) is 2.65. The van der Waals surface area contributed by atoms with Gasteiger partial charge in [-0.15, -0.1) is 0 Å². The topological polar surface area (TPSA) is 32.3 Å². The van der Waals surface area contributed by atoms with Crippen LogP contribution in [-0.4, -0.2) is 22.7 Å². The van der Waals surface area contributed by atoms with Gasteiger partial charge in [-0.2, -0.15) is 0 Å². The molecule has 0 radical (unpaired) electrons. The molecule has 1 aliphatic carbocycles. The largest absolute Gasteiger partial charge is 0.393 e. The summed E-state index contributed by atoms with van der Waals surface area (Å²) in [5.41, 5.74) is 3.86. The Labute approximate surface area is 140 Å². The lowest BCUT2D eigenvalue weighted by Gasteiger charge is -2.45. The van der Waals surface area contributed by atoms with E-state index in [9.17, 15) is 5.11 Å². The van der Waals surface area contributed by atoms with Crippen LogP contribution in [0, 0.1) is 24.7 Å². The van der Waals surface area contributed by atoms with Crippen molar-refractivity contribution in [2.24, 2.45) is 10.8 Å². The van der Waals surface area contributed by atoms with Crippen LogP contribution in [0.5, 0.6) is 0 Å². The molecule has 0 heterocycles. The van der Waals surface area contributed by atoms with Crippen LogP contribution in [-0.2, 0) is 0 Å². The van der Waals surface area contributed by atoms with Crippen molar-refractivity contribution in [3.63, 3.8) is 0 Å². The highest BCUT2D eigenvalue weighted by Gasteiger charge is 2.40. The van der Waals surface area contributed by atoms with Crippen molar-refractivity contribution < 1.29 is 5.11 Å². The van der Waals surface area contributed by atoms with Crippen LogP contribution < -0.4 is 5.32 Å². The molecule has 122 valence electrons. The quantitative estimate of drug-likeness (QED) is 0.821. The molecule has 1 fully saturated rings. The maximum absolute atomic E-state index is 10.2. The van der Waals surface area contributed by atoms with Crippen molar-refractivity contribution in [1.29, 1.82) is 0 Å². The van der Waals surface area contributed by atoms with Crippen LogP contribution in [0.1, 0.15) is 56.7 Å². The van der Waals surface area contributed by atoms with Gasteiger partial charge < -0.3 is 10.4 Å². The molecule has 2 atom stereocenters. The minimum Gasteiger partial charge on any atom is -0.393 e. The molecule has 0 aliphatic heterocycles. The van der Waals surface area contributed by atoms with Gasteiger partial charge in [0.2, 0.25) is 0 Å². The first-order valence-corrected chi connectivity index (χ1v) is 8.55. The van der Waals surface area contributed by atoms with Crippen molar-refractivity contribution in [2.75, 3.05) is 6.54 Å². The third-order valence-corrected chi connectivity index (χ3v) is 5.09. The Kier molecular flexibility index (Phi) is 4.98. The third kappa shape index (κ3) is 4.30. The summed E-state index contributed by atoms with van der Waals surface area (Å²) in [5, 5.41) is 13.6. The van der Waals surface area contributed by atoms with Crippen molar-refractivity contribution in [3.8, 4) is 0 Å². The molecule has 2 N–H and O–H groups in total. The lowest BCUT2D eigenvalue weighted by Crippen LogP contribution is -2.45.